The third-order valence-corrected chi connectivity index (χ3v) is 3.62. The lowest BCUT2D eigenvalue weighted by Crippen LogP contribution is -2.34. The Kier molecular flexibility index (Phi) is 5.10. The molecule has 1 unspecified atom stereocenters. The van der Waals surface area contributed by atoms with Gasteiger partial charge in [0.2, 0.25) is 0 Å². The summed E-state index contributed by atoms with van der Waals surface area (Å²) in [6.45, 7) is 0. The zero-order chi connectivity index (χ0) is 13.8. The molecule has 1 rings (SSSR count). The van der Waals surface area contributed by atoms with Gasteiger partial charge in [0.1, 0.15) is 9.84 Å². The first-order chi connectivity index (χ1) is 8.35. The minimum absolute atomic E-state index is 0.0249. The van der Waals surface area contributed by atoms with Gasteiger partial charge in [0.15, 0.2) is 11.6 Å². The van der Waals surface area contributed by atoms with Crippen LogP contribution in [0.2, 0.25) is 0 Å². The lowest BCUT2D eigenvalue weighted by atomic mass is 10.1. The molecule has 1 atom stereocenters. The van der Waals surface area contributed by atoms with Crippen LogP contribution in [0, 0.1) is 5.82 Å². The summed E-state index contributed by atoms with van der Waals surface area (Å²) in [6, 6.07) is 4.41. The van der Waals surface area contributed by atoms with Crippen molar-refractivity contribution in [2.75, 3.05) is 26.2 Å². The van der Waals surface area contributed by atoms with Crippen molar-refractivity contribution in [3.63, 3.8) is 0 Å². The fraction of sp³-hybridized carbons (Fsp3) is 0.500. The molecule has 0 aliphatic heterocycles. The zero-order valence-electron chi connectivity index (χ0n) is 10.7. The van der Waals surface area contributed by atoms with E-state index in [0.29, 0.717) is 6.42 Å². The molecule has 1 aromatic rings. The van der Waals surface area contributed by atoms with Gasteiger partial charge in [0, 0.05) is 12.3 Å². The molecule has 6 heteroatoms. The van der Waals surface area contributed by atoms with Crippen LogP contribution < -0.4 is 10.1 Å². The van der Waals surface area contributed by atoms with Gasteiger partial charge >= 0.3 is 0 Å². The maximum Gasteiger partial charge on any atom is 0.165 e. The zero-order valence-corrected chi connectivity index (χ0v) is 11.6. The fourth-order valence-electron chi connectivity index (χ4n) is 1.73. The van der Waals surface area contributed by atoms with Gasteiger partial charge in [-0.1, -0.05) is 6.07 Å². The third kappa shape index (κ3) is 4.62. The Bertz CT molecular complexity index is 502. The van der Waals surface area contributed by atoms with Crippen molar-refractivity contribution in [3.8, 4) is 5.75 Å². The highest BCUT2D eigenvalue weighted by Crippen LogP contribution is 2.18. The molecule has 4 nitrogen and oxygen atoms in total. The number of hydrogen-bond acceptors (Lipinski definition) is 4. The van der Waals surface area contributed by atoms with E-state index >= 15 is 0 Å². The molecule has 102 valence electrons. The average molecular weight is 275 g/mol. The van der Waals surface area contributed by atoms with Crippen LogP contribution >= 0.6 is 0 Å². The Morgan fingerprint density at radius 3 is 2.56 bits per heavy atom. The number of likely N-dealkylation sites (N-methyl/N-ethyl adjacent to an activating group) is 1. The number of nitrogens with one attached hydrogen (secondary N) is 1. The fourth-order valence-corrected chi connectivity index (χ4v) is 2.75. The molecule has 0 aliphatic rings. The van der Waals surface area contributed by atoms with Crippen LogP contribution in [0.4, 0.5) is 4.39 Å². The van der Waals surface area contributed by atoms with Crippen molar-refractivity contribution in [1.82, 2.24) is 5.32 Å². The van der Waals surface area contributed by atoms with Gasteiger partial charge in [-0.25, -0.2) is 12.8 Å². The van der Waals surface area contributed by atoms with E-state index in [0.717, 1.165) is 5.56 Å². The first kappa shape index (κ1) is 14.9. The van der Waals surface area contributed by atoms with Crippen molar-refractivity contribution in [3.05, 3.63) is 29.6 Å². The Morgan fingerprint density at radius 2 is 2.11 bits per heavy atom. The first-order valence-corrected chi connectivity index (χ1v) is 7.59. The SMILES string of the molecule is CNC(Cc1ccc(OC)c(F)c1)CS(C)(=O)=O. The number of benzene rings is 1. The molecule has 0 fully saturated rings. The van der Waals surface area contributed by atoms with Gasteiger partial charge in [-0.05, 0) is 31.2 Å². The van der Waals surface area contributed by atoms with E-state index in [4.69, 9.17) is 4.74 Å². The van der Waals surface area contributed by atoms with Crippen LogP contribution in [0.1, 0.15) is 5.56 Å². The standard InChI is InChI=1S/C12H18FNO3S/c1-14-10(8-18(3,15)16)6-9-4-5-12(17-2)11(13)7-9/h4-5,7,10,14H,6,8H2,1-3H3. The molecule has 0 amide bonds. The molecule has 1 aromatic carbocycles. The molecular formula is C12H18FNO3S. The first-order valence-electron chi connectivity index (χ1n) is 5.53. The second-order valence-electron chi connectivity index (χ2n) is 4.25. The summed E-state index contributed by atoms with van der Waals surface area (Å²) < 4.78 is 40.8. The van der Waals surface area contributed by atoms with Gasteiger partial charge in [0.05, 0.1) is 12.9 Å². The van der Waals surface area contributed by atoms with Crippen molar-refractivity contribution in [2.45, 2.75) is 12.5 Å². The summed E-state index contributed by atoms with van der Waals surface area (Å²) in [5.74, 6) is -0.232. The van der Waals surface area contributed by atoms with E-state index in [9.17, 15) is 12.8 Å². The second kappa shape index (κ2) is 6.15. The lowest BCUT2D eigenvalue weighted by Gasteiger charge is -2.15. The van der Waals surface area contributed by atoms with Crippen LogP contribution in [-0.4, -0.2) is 40.6 Å². The van der Waals surface area contributed by atoms with Crippen LogP contribution in [0.5, 0.6) is 5.75 Å². The van der Waals surface area contributed by atoms with E-state index < -0.39 is 15.7 Å². The highest BCUT2D eigenvalue weighted by Gasteiger charge is 2.15. The third-order valence-electron chi connectivity index (χ3n) is 2.61. The van der Waals surface area contributed by atoms with Crippen molar-refractivity contribution >= 4 is 9.84 Å². The van der Waals surface area contributed by atoms with E-state index in [1.54, 1.807) is 13.1 Å². The number of methoxy groups -OCH3 is 1. The Hall–Kier alpha value is -1.14. The van der Waals surface area contributed by atoms with Crippen molar-refractivity contribution in [2.24, 2.45) is 0 Å². The summed E-state index contributed by atoms with van der Waals surface area (Å²) in [6.07, 6.45) is 1.64. The minimum Gasteiger partial charge on any atom is -0.494 e. The van der Waals surface area contributed by atoms with Crippen LogP contribution in [0.3, 0.4) is 0 Å². The molecule has 0 bridgehead atoms. The highest BCUT2D eigenvalue weighted by atomic mass is 32.2. The van der Waals surface area contributed by atoms with Gasteiger partial charge in [-0.3, -0.25) is 0 Å². The number of hydrogen-bond donors (Lipinski definition) is 1. The van der Waals surface area contributed by atoms with Crippen LogP contribution in [-0.2, 0) is 16.3 Å². The largest absolute Gasteiger partial charge is 0.494 e. The smallest absolute Gasteiger partial charge is 0.165 e. The predicted octanol–water partition coefficient (Wildman–Crippen LogP) is 1.01. The lowest BCUT2D eigenvalue weighted by molar-refractivity contribution is 0.386. The summed E-state index contributed by atoms with van der Waals surface area (Å²) in [7, 11) is 0.0317. The van der Waals surface area contributed by atoms with Crippen LogP contribution in [0.25, 0.3) is 0 Å². The molecule has 1 N–H and O–H groups in total. The van der Waals surface area contributed by atoms with Crippen LogP contribution in [0.15, 0.2) is 18.2 Å². The molecule has 0 aliphatic carbocycles. The van der Waals surface area contributed by atoms with Gasteiger partial charge in [-0.15, -0.1) is 0 Å². The maximum absolute atomic E-state index is 13.5. The minimum atomic E-state index is -3.06. The second-order valence-corrected chi connectivity index (χ2v) is 6.44. The summed E-state index contributed by atoms with van der Waals surface area (Å²) in [5, 5.41) is 2.92. The molecule has 0 saturated carbocycles. The molecule has 0 heterocycles. The van der Waals surface area contributed by atoms with Gasteiger partial charge in [0.25, 0.3) is 0 Å². The monoisotopic (exact) mass is 275 g/mol. The summed E-state index contributed by atoms with van der Waals surface area (Å²) in [4.78, 5) is 0. The highest BCUT2D eigenvalue weighted by molar-refractivity contribution is 7.90. The van der Waals surface area contributed by atoms with Gasteiger partial charge in [-0.2, -0.15) is 0 Å². The normalized spacial score (nSPS) is 13.3. The topological polar surface area (TPSA) is 55.4 Å². The number of sulfone groups is 1. The molecule has 0 saturated heterocycles. The molecule has 0 aromatic heterocycles. The quantitative estimate of drug-likeness (QED) is 0.842. The number of halogens is 1. The summed E-state index contributed by atoms with van der Waals surface area (Å²) in [5.41, 5.74) is 0.733. The van der Waals surface area contributed by atoms with E-state index in [1.165, 1.54) is 25.5 Å². The van der Waals surface area contributed by atoms with E-state index in [1.807, 2.05) is 0 Å². The Labute approximate surface area is 107 Å². The molecular weight excluding hydrogens is 257 g/mol. The number of ether oxygens (including phenoxy) is 1. The Balaban J connectivity index is 2.79. The molecule has 0 radical (unpaired) electrons. The Morgan fingerprint density at radius 1 is 1.44 bits per heavy atom. The van der Waals surface area contributed by atoms with E-state index in [-0.39, 0.29) is 17.5 Å². The molecule has 18 heavy (non-hydrogen) atoms. The average Bonchev–Trinajstić information content (AvgIpc) is 2.26. The predicted molar refractivity (Wildman–Crippen MR) is 69.2 cm³/mol. The maximum atomic E-state index is 13.5. The van der Waals surface area contributed by atoms with Crippen molar-refractivity contribution in [1.29, 1.82) is 0 Å². The summed E-state index contributed by atoms with van der Waals surface area (Å²) >= 11 is 0. The number of rotatable bonds is 6. The van der Waals surface area contributed by atoms with E-state index in [2.05, 4.69) is 5.32 Å². The molecule has 0 spiro atoms. The van der Waals surface area contributed by atoms with Gasteiger partial charge < -0.3 is 10.1 Å². The van der Waals surface area contributed by atoms with Crippen molar-refractivity contribution < 1.29 is 17.5 Å².